The number of aliphatic hydroxyl groups is 1. The lowest BCUT2D eigenvalue weighted by Gasteiger charge is -2.12. The largest absolute Gasteiger partial charge is 0.501 e. The summed E-state index contributed by atoms with van der Waals surface area (Å²) in [6, 6.07) is 6.88. The van der Waals surface area contributed by atoms with E-state index in [0.29, 0.717) is 11.3 Å². The fraction of sp³-hybridized carbons (Fsp3) is 0.273. The topological polar surface area (TPSA) is 65.0 Å². The van der Waals surface area contributed by atoms with Crippen molar-refractivity contribution in [2.24, 2.45) is 0 Å². The fourth-order valence-electron chi connectivity index (χ4n) is 1.19. The van der Waals surface area contributed by atoms with Crippen molar-refractivity contribution in [1.82, 2.24) is 0 Å². The Morgan fingerprint density at radius 2 is 1.71 bits per heavy atom. The van der Waals surface area contributed by atoms with Gasteiger partial charge in [0.1, 0.15) is 5.75 Å². The van der Waals surface area contributed by atoms with E-state index < -0.39 is 13.1 Å². The molecule has 0 saturated carbocycles. The van der Waals surface area contributed by atoms with Gasteiger partial charge in [-0.3, -0.25) is 4.57 Å². The molecule has 0 aliphatic rings. The van der Waals surface area contributed by atoms with Crippen LogP contribution in [0.15, 0.2) is 29.8 Å². The van der Waals surface area contributed by atoms with Gasteiger partial charge in [0.2, 0.25) is 5.50 Å². The van der Waals surface area contributed by atoms with Crippen LogP contribution >= 0.6 is 7.60 Å². The van der Waals surface area contributed by atoms with E-state index in [2.05, 4.69) is 9.05 Å². The average molecular weight is 258 g/mol. The van der Waals surface area contributed by atoms with Gasteiger partial charge in [-0.05, 0) is 23.8 Å². The second kappa shape index (κ2) is 5.87. The maximum absolute atomic E-state index is 11.8. The summed E-state index contributed by atoms with van der Waals surface area (Å²) in [6.45, 7) is 0. The van der Waals surface area contributed by atoms with Crippen molar-refractivity contribution in [1.29, 1.82) is 0 Å². The SMILES string of the molecule is COc1ccc(/C=C(\O)P(=O)(OC)OC)cc1. The molecule has 0 amide bonds. The maximum atomic E-state index is 11.8. The molecule has 5 nitrogen and oxygen atoms in total. The van der Waals surface area contributed by atoms with Crippen molar-refractivity contribution in [3.8, 4) is 5.75 Å². The van der Waals surface area contributed by atoms with Crippen molar-refractivity contribution in [2.75, 3.05) is 21.3 Å². The minimum absolute atomic E-state index is 0.437. The summed E-state index contributed by atoms with van der Waals surface area (Å²) < 4.78 is 26.1. The number of hydrogen-bond donors (Lipinski definition) is 1. The molecule has 0 radical (unpaired) electrons. The lowest BCUT2D eigenvalue weighted by Crippen LogP contribution is -1.92. The lowest BCUT2D eigenvalue weighted by atomic mass is 10.2. The number of rotatable bonds is 5. The van der Waals surface area contributed by atoms with Gasteiger partial charge in [0.25, 0.3) is 0 Å². The zero-order chi connectivity index (χ0) is 12.9. The minimum Gasteiger partial charge on any atom is -0.501 e. The number of aliphatic hydroxyl groups excluding tert-OH is 1. The Bertz CT molecular complexity index is 430. The van der Waals surface area contributed by atoms with Crippen LogP contribution < -0.4 is 4.74 Å². The average Bonchev–Trinajstić information content (AvgIpc) is 2.38. The van der Waals surface area contributed by atoms with Gasteiger partial charge >= 0.3 is 7.60 Å². The number of hydrogen-bond acceptors (Lipinski definition) is 5. The first-order valence-electron chi connectivity index (χ1n) is 4.82. The van der Waals surface area contributed by atoms with E-state index in [9.17, 15) is 9.67 Å². The Hall–Kier alpha value is -1.29. The van der Waals surface area contributed by atoms with E-state index in [0.717, 1.165) is 0 Å². The zero-order valence-electron chi connectivity index (χ0n) is 9.91. The molecule has 0 aliphatic heterocycles. The predicted molar refractivity (Wildman–Crippen MR) is 65.2 cm³/mol. The molecule has 1 N–H and O–H groups in total. The first-order valence-corrected chi connectivity index (χ1v) is 6.37. The molecular weight excluding hydrogens is 243 g/mol. The fourth-order valence-corrected chi connectivity index (χ4v) is 2.02. The monoisotopic (exact) mass is 258 g/mol. The van der Waals surface area contributed by atoms with E-state index in [1.165, 1.54) is 20.3 Å². The smallest absolute Gasteiger partial charge is 0.394 e. The van der Waals surface area contributed by atoms with Crippen LogP contribution in [0.4, 0.5) is 0 Å². The third-order valence-electron chi connectivity index (χ3n) is 2.17. The van der Waals surface area contributed by atoms with Crippen LogP contribution in [0.25, 0.3) is 6.08 Å². The molecule has 0 bridgehead atoms. The van der Waals surface area contributed by atoms with Crippen LogP contribution in [0, 0.1) is 0 Å². The van der Waals surface area contributed by atoms with Crippen LogP contribution in [-0.4, -0.2) is 26.4 Å². The molecule has 17 heavy (non-hydrogen) atoms. The summed E-state index contributed by atoms with van der Waals surface area (Å²) >= 11 is 0. The van der Waals surface area contributed by atoms with Gasteiger partial charge < -0.3 is 18.9 Å². The van der Waals surface area contributed by atoms with Crippen molar-refractivity contribution in [2.45, 2.75) is 0 Å². The molecule has 1 aromatic carbocycles. The summed E-state index contributed by atoms with van der Waals surface area (Å²) in [4.78, 5) is 0. The van der Waals surface area contributed by atoms with Gasteiger partial charge in [0.05, 0.1) is 7.11 Å². The van der Waals surface area contributed by atoms with Gasteiger partial charge in [0, 0.05) is 14.2 Å². The summed E-state index contributed by atoms with van der Waals surface area (Å²) in [5.74, 6) is 0.698. The highest BCUT2D eigenvalue weighted by Crippen LogP contribution is 2.53. The summed E-state index contributed by atoms with van der Waals surface area (Å²) in [6.07, 6.45) is 1.33. The Balaban J connectivity index is 2.97. The number of benzene rings is 1. The normalized spacial score (nSPS) is 12.5. The van der Waals surface area contributed by atoms with Crippen molar-refractivity contribution >= 4 is 13.7 Å². The van der Waals surface area contributed by atoms with E-state index in [-0.39, 0.29) is 0 Å². The van der Waals surface area contributed by atoms with E-state index >= 15 is 0 Å². The molecule has 0 spiro atoms. The Morgan fingerprint density at radius 1 is 1.18 bits per heavy atom. The van der Waals surface area contributed by atoms with Crippen molar-refractivity contribution in [3.05, 3.63) is 35.3 Å². The van der Waals surface area contributed by atoms with Gasteiger partial charge in [-0.15, -0.1) is 0 Å². The van der Waals surface area contributed by atoms with E-state index in [4.69, 9.17) is 4.74 Å². The molecule has 1 rings (SSSR count). The van der Waals surface area contributed by atoms with Crippen LogP contribution in [0.2, 0.25) is 0 Å². The molecule has 6 heteroatoms. The molecule has 0 aliphatic carbocycles. The summed E-state index contributed by atoms with van der Waals surface area (Å²) in [5.41, 5.74) is 0.227. The minimum atomic E-state index is -3.57. The standard InChI is InChI=1S/C11H15O5P/c1-14-10-6-4-9(5-7-10)8-11(12)17(13,15-2)16-3/h4-8,12H,1-3H3/b11-8+. The molecule has 0 heterocycles. The van der Waals surface area contributed by atoms with Crippen molar-refractivity contribution < 1.29 is 23.5 Å². The van der Waals surface area contributed by atoms with Crippen LogP contribution in [0.1, 0.15) is 5.56 Å². The number of methoxy groups -OCH3 is 1. The quantitative estimate of drug-likeness (QED) is 0.649. The van der Waals surface area contributed by atoms with Gasteiger partial charge in [-0.2, -0.15) is 0 Å². The summed E-state index contributed by atoms with van der Waals surface area (Å²) in [5, 5.41) is 9.66. The lowest BCUT2D eigenvalue weighted by molar-refractivity contribution is 0.262. The Kier molecular flexibility index (Phi) is 4.75. The first-order chi connectivity index (χ1) is 8.05. The molecular formula is C11H15O5P. The zero-order valence-corrected chi connectivity index (χ0v) is 10.8. The second-order valence-corrected chi connectivity index (χ2v) is 5.32. The van der Waals surface area contributed by atoms with Gasteiger partial charge in [0.15, 0.2) is 0 Å². The first kappa shape index (κ1) is 13.8. The molecule has 1 aromatic rings. The molecule has 94 valence electrons. The van der Waals surface area contributed by atoms with Crippen molar-refractivity contribution in [3.63, 3.8) is 0 Å². The molecule has 0 unspecified atom stereocenters. The predicted octanol–water partition coefficient (Wildman–Crippen LogP) is 3.04. The molecule has 0 fully saturated rings. The maximum Gasteiger partial charge on any atom is 0.394 e. The van der Waals surface area contributed by atoms with Gasteiger partial charge in [-0.1, -0.05) is 12.1 Å². The highest BCUT2D eigenvalue weighted by Gasteiger charge is 2.27. The summed E-state index contributed by atoms with van der Waals surface area (Å²) in [7, 11) is 0.412. The highest BCUT2D eigenvalue weighted by molar-refractivity contribution is 7.58. The van der Waals surface area contributed by atoms with Crippen LogP contribution in [0.3, 0.4) is 0 Å². The molecule has 0 aromatic heterocycles. The second-order valence-electron chi connectivity index (χ2n) is 3.14. The molecule has 0 atom stereocenters. The third-order valence-corrected chi connectivity index (χ3v) is 3.82. The molecule has 0 saturated heterocycles. The third kappa shape index (κ3) is 3.33. The Morgan fingerprint density at radius 3 is 2.12 bits per heavy atom. The number of ether oxygens (including phenoxy) is 1. The Labute approximate surface area is 100 Å². The van der Waals surface area contributed by atoms with Gasteiger partial charge in [-0.25, -0.2) is 0 Å². The van der Waals surface area contributed by atoms with E-state index in [1.807, 2.05) is 0 Å². The highest BCUT2D eigenvalue weighted by atomic mass is 31.2. The van der Waals surface area contributed by atoms with Crippen LogP contribution in [0.5, 0.6) is 5.75 Å². The van der Waals surface area contributed by atoms with Crippen LogP contribution in [-0.2, 0) is 13.6 Å². The van der Waals surface area contributed by atoms with E-state index in [1.54, 1.807) is 31.4 Å².